The Labute approximate surface area is 377 Å². The summed E-state index contributed by atoms with van der Waals surface area (Å²) in [4.78, 5) is 94.0. The van der Waals surface area contributed by atoms with E-state index < -0.39 is 77.3 Å². The van der Waals surface area contributed by atoms with E-state index >= 15 is 9.59 Å². The second kappa shape index (κ2) is 19.7. The topological polar surface area (TPSA) is 174 Å². The van der Waals surface area contributed by atoms with E-state index in [0.29, 0.717) is 18.5 Å². The molecule has 64 heavy (non-hydrogen) atoms. The van der Waals surface area contributed by atoms with Crippen LogP contribution in [0.4, 0.5) is 14.0 Å². The summed E-state index contributed by atoms with van der Waals surface area (Å²) in [6.45, 7) is 14.3. The van der Waals surface area contributed by atoms with Crippen LogP contribution in [0.1, 0.15) is 138 Å². The van der Waals surface area contributed by atoms with Crippen molar-refractivity contribution in [1.29, 1.82) is 0 Å². The second-order valence-corrected chi connectivity index (χ2v) is 20.7. The summed E-state index contributed by atoms with van der Waals surface area (Å²) in [6.07, 6.45) is 9.75. The third-order valence-electron chi connectivity index (χ3n) is 13.9. The number of H-pyrrole nitrogens is 1. The second-order valence-electron chi connectivity index (χ2n) is 20.7. The van der Waals surface area contributed by atoms with E-state index in [9.17, 15) is 23.6 Å². The summed E-state index contributed by atoms with van der Waals surface area (Å²) in [6, 6.07) is 0.0265. The number of benzene rings is 1. The molecule has 2 aromatic rings. The van der Waals surface area contributed by atoms with Gasteiger partial charge in [0.2, 0.25) is 23.6 Å². The average molecular weight is 894 g/mol. The van der Waals surface area contributed by atoms with Gasteiger partial charge in [-0.05, 0) is 123 Å². The maximum absolute atomic E-state index is 15.3. The van der Waals surface area contributed by atoms with Gasteiger partial charge < -0.3 is 34.9 Å². The van der Waals surface area contributed by atoms with Crippen LogP contribution in [0.15, 0.2) is 24.4 Å². The summed E-state index contributed by atoms with van der Waals surface area (Å²) >= 11 is 0. The van der Waals surface area contributed by atoms with Crippen molar-refractivity contribution in [1.82, 2.24) is 35.2 Å². The Kier molecular flexibility index (Phi) is 14.9. The summed E-state index contributed by atoms with van der Waals surface area (Å²) < 4.78 is 25.6. The van der Waals surface area contributed by atoms with Crippen molar-refractivity contribution < 1.29 is 42.6 Å². The number of rotatable bonds is 11. The Hall–Kier alpha value is -4.89. The van der Waals surface area contributed by atoms with E-state index in [2.05, 4.69) is 15.6 Å². The number of ether oxygens (including phenoxy) is 2. The van der Waals surface area contributed by atoms with Crippen LogP contribution in [0, 0.1) is 17.7 Å². The largest absolute Gasteiger partial charge is 0.444 e. The molecule has 2 saturated heterocycles. The van der Waals surface area contributed by atoms with Gasteiger partial charge in [0.25, 0.3) is 0 Å². The van der Waals surface area contributed by atoms with Crippen LogP contribution in [-0.4, -0.2) is 135 Å². The molecule has 1 aromatic carbocycles. The Balaban J connectivity index is 1.32. The first kappa shape index (κ1) is 48.6. The van der Waals surface area contributed by atoms with Gasteiger partial charge in [0.1, 0.15) is 41.2 Å². The van der Waals surface area contributed by atoms with Gasteiger partial charge in [0, 0.05) is 50.2 Å². The third kappa shape index (κ3) is 11.0. The highest BCUT2D eigenvalue weighted by Gasteiger charge is 2.55. The molecule has 0 spiro atoms. The zero-order chi connectivity index (χ0) is 46.8. The zero-order valence-electron chi connectivity index (χ0n) is 39.6. The molecular formula is C48H72FN7O8. The Morgan fingerprint density at radius 2 is 1.19 bits per heavy atom. The molecule has 16 heteroatoms. The van der Waals surface area contributed by atoms with Gasteiger partial charge in [0.15, 0.2) is 0 Å². The van der Waals surface area contributed by atoms with Crippen molar-refractivity contribution in [2.24, 2.45) is 11.8 Å². The monoisotopic (exact) mass is 894 g/mol. The molecule has 3 heterocycles. The first-order chi connectivity index (χ1) is 30.1. The molecule has 2 aliphatic heterocycles. The van der Waals surface area contributed by atoms with E-state index in [1.54, 1.807) is 61.5 Å². The highest BCUT2D eigenvalue weighted by atomic mass is 19.1. The van der Waals surface area contributed by atoms with Gasteiger partial charge in [-0.3, -0.25) is 29.0 Å². The van der Waals surface area contributed by atoms with Crippen LogP contribution in [0.3, 0.4) is 0 Å². The van der Waals surface area contributed by atoms with Gasteiger partial charge in [-0.15, -0.1) is 0 Å². The SMILES string of the molecule is CC(C(=O)NC(C(=O)N1CC(c2c[nH]c3cc(F)ccc23)C2C1CCN2C(=O)C(NC(=O)C(C)N(C)C(=O)OC(C)(C)C)C1CCCCC1)C1CCCCC1)N(C)C(=O)OC(C)(C)C. The maximum Gasteiger partial charge on any atom is 0.410 e. The summed E-state index contributed by atoms with van der Waals surface area (Å²) in [5.74, 6) is -2.46. The number of aromatic nitrogens is 1. The van der Waals surface area contributed by atoms with Crippen LogP contribution >= 0.6 is 0 Å². The van der Waals surface area contributed by atoms with Crippen LogP contribution < -0.4 is 10.6 Å². The molecule has 7 unspecified atom stereocenters. The quantitative estimate of drug-likeness (QED) is 0.220. The first-order valence-corrected chi connectivity index (χ1v) is 23.5. The molecule has 4 fully saturated rings. The Morgan fingerprint density at radius 3 is 1.66 bits per heavy atom. The molecule has 4 aliphatic rings. The summed E-state index contributed by atoms with van der Waals surface area (Å²) in [5.41, 5.74) is -0.0893. The smallest absolute Gasteiger partial charge is 0.410 e. The average Bonchev–Trinajstić information content (AvgIpc) is 3.97. The molecule has 6 rings (SSSR count). The van der Waals surface area contributed by atoms with E-state index in [1.165, 1.54) is 36.0 Å². The number of nitrogens with one attached hydrogen (secondary N) is 3. The van der Waals surface area contributed by atoms with Crippen LogP contribution in [0.25, 0.3) is 10.9 Å². The minimum absolute atomic E-state index is 0.136. The number of likely N-dealkylation sites (tertiary alicyclic amines) is 2. The van der Waals surface area contributed by atoms with E-state index in [1.807, 2.05) is 16.0 Å². The number of hydrogen-bond donors (Lipinski definition) is 3. The van der Waals surface area contributed by atoms with Gasteiger partial charge in [0.05, 0.1) is 12.1 Å². The van der Waals surface area contributed by atoms with Crippen molar-refractivity contribution in [3.8, 4) is 0 Å². The molecule has 2 aliphatic carbocycles. The minimum atomic E-state index is -0.933. The van der Waals surface area contributed by atoms with Gasteiger partial charge in [-0.1, -0.05) is 38.5 Å². The van der Waals surface area contributed by atoms with Gasteiger partial charge >= 0.3 is 12.2 Å². The fourth-order valence-electron chi connectivity index (χ4n) is 10.2. The van der Waals surface area contributed by atoms with Crippen molar-refractivity contribution in [3.05, 3.63) is 35.8 Å². The fraction of sp³-hybridized carbons (Fsp3) is 0.708. The van der Waals surface area contributed by atoms with Crippen molar-refractivity contribution in [2.75, 3.05) is 27.2 Å². The van der Waals surface area contributed by atoms with E-state index in [0.717, 1.165) is 75.2 Å². The molecule has 2 saturated carbocycles. The lowest BCUT2D eigenvalue weighted by atomic mass is 9.82. The third-order valence-corrected chi connectivity index (χ3v) is 13.9. The number of amides is 6. The zero-order valence-corrected chi connectivity index (χ0v) is 39.6. The minimum Gasteiger partial charge on any atom is -0.444 e. The van der Waals surface area contributed by atoms with Crippen molar-refractivity contribution >= 4 is 46.7 Å². The molecule has 354 valence electrons. The molecule has 3 N–H and O–H groups in total. The molecule has 6 amide bonds. The predicted molar refractivity (Wildman–Crippen MR) is 241 cm³/mol. The van der Waals surface area contributed by atoms with E-state index in [4.69, 9.17) is 9.47 Å². The highest BCUT2D eigenvalue weighted by molar-refractivity contribution is 5.94. The number of halogens is 1. The standard InChI is InChI=1S/C48H72FN7O8/c1-28(53(9)45(61)63-47(3,4)5)41(57)51-38(30-17-13-11-14-18-30)43(59)55-24-23-37-40(55)35(34-26-50-36-25-32(49)21-22-33(34)36)27-56(37)44(60)39(31-19-15-12-16-20-31)52-42(58)29(2)54(10)46(62)64-48(6,7)8/h21-22,25-26,28-31,35,37-40,50H,11-20,23-24,27H2,1-10H3,(H,51,57)(H,52,58). The number of nitrogens with zero attached hydrogens (tertiary/aromatic N) is 4. The predicted octanol–water partition coefficient (Wildman–Crippen LogP) is 6.84. The molecule has 7 atom stereocenters. The normalized spacial score (nSPS) is 22.8. The number of carbonyl (C=O) groups excluding carboxylic acids is 6. The van der Waals surface area contributed by atoms with E-state index in [-0.39, 0.29) is 36.1 Å². The lowest BCUT2D eigenvalue weighted by molar-refractivity contribution is -0.141. The highest BCUT2D eigenvalue weighted by Crippen LogP contribution is 2.45. The van der Waals surface area contributed by atoms with Crippen molar-refractivity contribution in [2.45, 2.75) is 179 Å². The number of fused-ring (bicyclic) bond motifs is 2. The summed E-state index contributed by atoms with van der Waals surface area (Å²) in [7, 11) is 3.01. The Bertz CT molecular complexity index is 1950. The van der Waals surface area contributed by atoms with Crippen LogP contribution in [-0.2, 0) is 28.7 Å². The fourth-order valence-corrected chi connectivity index (χ4v) is 10.2. The molecule has 1 aromatic heterocycles. The lowest BCUT2D eigenvalue weighted by Gasteiger charge is -2.37. The number of hydrogen-bond acceptors (Lipinski definition) is 8. The molecule has 0 radical (unpaired) electrons. The van der Waals surface area contributed by atoms with Crippen LogP contribution in [0.2, 0.25) is 0 Å². The molecule has 15 nitrogen and oxygen atoms in total. The number of likely N-dealkylation sites (N-methyl/N-ethyl adjacent to an activating group) is 2. The number of aromatic amines is 1. The number of carbonyl (C=O) groups is 6. The summed E-state index contributed by atoms with van der Waals surface area (Å²) in [5, 5.41) is 6.97. The Morgan fingerprint density at radius 1 is 0.719 bits per heavy atom. The van der Waals surface area contributed by atoms with Gasteiger partial charge in [-0.2, -0.15) is 0 Å². The van der Waals surface area contributed by atoms with Crippen molar-refractivity contribution in [3.63, 3.8) is 0 Å². The van der Waals surface area contributed by atoms with Crippen LogP contribution in [0.5, 0.6) is 0 Å². The molecule has 0 bridgehead atoms. The molecular weight excluding hydrogens is 822 g/mol. The van der Waals surface area contributed by atoms with Gasteiger partial charge in [-0.25, -0.2) is 14.0 Å². The lowest BCUT2D eigenvalue weighted by Crippen LogP contribution is -2.59. The first-order valence-electron chi connectivity index (χ1n) is 23.5. The maximum atomic E-state index is 15.3.